The molecule has 2 amide bonds. The van der Waals surface area contributed by atoms with E-state index in [0.29, 0.717) is 18.0 Å². The summed E-state index contributed by atoms with van der Waals surface area (Å²) >= 11 is 6.59. The Hall–Kier alpha value is -2.79. The van der Waals surface area contributed by atoms with Crippen LogP contribution in [0.4, 0.5) is 0 Å². The molecule has 30 heavy (non-hydrogen) atoms. The molecule has 2 aliphatic heterocycles. The highest BCUT2D eigenvalue weighted by Gasteiger charge is 2.48. The lowest BCUT2D eigenvalue weighted by Gasteiger charge is -2.47. The molecule has 1 saturated heterocycles. The zero-order valence-corrected chi connectivity index (χ0v) is 17.7. The zero-order valence-electron chi connectivity index (χ0n) is 16.9. The van der Waals surface area contributed by atoms with Gasteiger partial charge in [0.05, 0.1) is 12.6 Å². The summed E-state index contributed by atoms with van der Waals surface area (Å²) in [5.74, 6) is 0.0148. The van der Waals surface area contributed by atoms with Gasteiger partial charge in [0.2, 0.25) is 11.8 Å². The molecule has 1 N–H and O–H groups in total. The van der Waals surface area contributed by atoms with Gasteiger partial charge in [-0.1, -0.05) is 61.3 Å². The molecule has 5 rings (SSSR count). The lowest BCUT2D eigenvalue weighted by atomic mass is 9.86. The van der Waals surface area contributed by atoms with Gasteiger partial charge in [0.1, 0.15) is 6.04 Å². The molecule has 2 aromatic carbocycles. The Morgan fingerprint density at radius 1 is 1.10 bits per heavy atom. The standard InChI is InChI=1S/C24H24ClN3O2/c1-2-3-12-27-14-21(29)28-20(24(27)30)13-17-15-8-5-7-11-19(15)26-22(17)23(28)16-9-4-6-10-18(16)25/h4-11,20,23,26H,2-3,12-14H2,1H3. The molecule has 1 aromatic heterocycles. The van der Waals surface area contributed by atoms with Crippen LogP contribution in [0.5, 0.6) is 0 Å². The van der Waals surface area contributed by atoms with Crippen molar-refractivity contribution in [1.82, 2.24) is 14.8 Å². The molecule has 0 bridgehead atoms. The maximum absolute atomic E-state index is 13.4. The van der Waals surface area contributed by atoms with Crippen LogP contribution in [-0.4, -0.2) is 45.7 Å². The zero-order chi connectivity index (χ0) is 20.8. The van der Waals surface area contributed by atoms with Crippen LogP contribution in [-0.2, 0) is 16.0 Å². The van der Waals surface area contributed by atoms with Crippen LogP contribution in [0.15, 0.2) is 48.5 Å². The molecular formula is C24H24ClN3O2. The normalized spacial score (nSPS) is 21.1. The predicted molar refractivity (Wildman–Crippen MR) is 117 cm³/mol. The van der Waals surface area contributed by atoms with Gasteiger partial charge in [-0.15, -0.1) is 0 Å². The number of hydrogen-bond acceptors (Lipinski definition) is 2. The van der Waals surface area contributed by atoms with Gasteiger partial charge in [-0.3, -0.25) is 9.59 Å². The first-order valence-electron chi connectivity index (χ1n) is 10.5. The number of hydrogen-bond donors (Lipinski definition) is 1. The Bertz CT molecular complexity index is 1140. The Kier molecular flexibility index (Phi) is 4.78. The summed E-state index contributed by atoms with van der Waals surface area (Å²) < 4.78 is 0. The van der Waals surface area contributed by atoms with E-state index < -0.39 is 12.1 Å². The fourth-order valence-electron chi connectivity index (χ4n) is 4.88. The molecule has 0 spiro atoms. The number of piperazine rings is 1. The van der Waals surface area contributed by atoms with Gasteiger partial charge in [-0.05, 0) is 29.7 Å². The predicted octanol–water partition coefficient (Wildman–Crippen LogP) is 4.31. The summed E-state index contributed by atoms with van der Waals surface area (Å²) in [4.78, 5) is 33.8. The average molecular weight is 422 g/mol. The van der Waals surface area contributed by atoms with Crippen molar-refractivity contribution in [2.45, 2.75) is 38.3 Å². The third kappa shape index (κ3) is 2.91. The summed E-state index contributed by atoms with van der Waals surface area (Å²) in [7, 11) is 0. The van der Waals surface area contributed by atoms with Crippen LogP contribution >= 0.6 is 11.6 Å². The quantitative estimate of drug-likeness (QED) is 0.682. The second-order valence-electron chi connectivity index (χ2n) is 8.12. The lowest BCUT2D eigenvalue weighted by Crippen LogP contribution is -2.63. The molecule has 6 heteroatoms. The van der Waals surface area contributed by atoms with Crippen molar-refractivity contribution in [3.63, 3.8) is 0 Å². The highest BCUT2D eigenvalue weighted by molar-refractivity contribution is 6.31. The maximum Gasteiger partial charge on any atom is 0.246 e. The van der Waals surface area contributed by atoms with Gasteiger partial charge in [0.25, 0.3) is 0 Å². The SMILES string of the molecule is CCCCN1CC(=O)N2C(Cc3c([nH]c4ccccc34)C2c2ccccc2Cl)C1=O. The van der Waals surface area contributed by atoms with E-state index in [1.807, 2.05) is 42.5 Å². The van der Waals surface area contributed by atoms with Gasteiger partial charge in [0.15, 0.2) is 0 Å². The highest BCUT2D eigenvalue weighted by atomic mass is 35.5. The van der Waals surface area contributed by atoms with Gasteiger partial charge in [-0.2, -0.15) is 0 Å². The van der Waals surface area contributed by atoms with E-state index in [0.717, 1.165) is 40.6 Å². The van der Waals surface area contributed by atoms with E-state index in [1.54, 1.807) is 9.80 Å². The Labute approximate surface area is 180 Å². The Morgan fingerprint density at radius 3 is 2.67 bits per heavy atom. The molecule has 2 atom stereocenters. The van der Waals surface area contributed by atoms with Crippen LogP contribution in [0, 0.1) is 0 Å². The smallest absolute Gasteiger partial charge is 0.246 e. The Morgan fingerprint density at radius 2 is 1.87 bits per heavy atom. The number of para-hydroxylation sites is 1. The largest absolute Gasteiger partial charge is 0.356 e. The van der Waals surface area contributed by atoms with Crippen molar-refractivity contribution in [1.29, 1.82) is 0 Å². The van der Waals surface area contributed by atoms with E-state index in [4.69, 9.17) is 11.6 Å². The van der Waals surface area contributed by atoms with Gasteiger partial charge in [-0.25, -0.2) is 0 Å². The first kappa shape index (κ1) is 19.2. The molecule has 154 valence electrons. The monoisotopic (exact) mass is 421 g/mol. The van der Waals surface area contributed by atoms with Crippen molar-refractivity contribution in [3.05, 3.63) is 70.4 Å². The third-order valence-electron chi connectivity index (χ3n) is 6.32. The second kappa shape index (κ2) is 7.47. The number of unbranched alkanes of at least 4 members (excludes halogenated alkanes) is 1. The molecule has 2 unspecified atom stereocenters. The summed E-state index contributed by atoms with van der Waals surface area (Å²) in [6, 6.07) is 14.8. The molecule has 0 saturated carbocycles. The molecular weight excluding hydrogens is 398 g/mol. The number of H-pyrrole nitrogens is 1. The first-order valence-corrected chi connectivity index (χ1v) is 10.9. The number of fused-ring (bicyclic) bond motifs is 4. The van der Waals surface area contributed by atoms with Crippen LogP contribution in [0.1, 0.15) is 42.6 Å². The maximum atomic E-state index is 13.4. The van der Waals surface area contributed by atoms with E-state index in [2.05, 4.69) is 18.0 Å². The summed E-state index contributed by atoms with van der Waals surface area (Å²) in [6.45, 7) is 2.85. The van der Waals surface area contributed by atoms with Gasteiger partial charge < -0.3 is 14.8 Å². The average Bonchev–Trinajstić information content (AvgIpc) is 3.13. The number of aromatic nitrogens is 1. The third-order valence-corrected chi connectivity index (χ3v) is 6.67. The molecule has 0 aliphatic carbocycles. The van der Waals surface area contributed by atoms with Crippen molar-refractivity contribution in [2.24, 2.45) is 0 Å². The number of rotatable bonds is 4. The molecule has 3 heterocycles. The fraction of sp³-hybridized carbons (Fsp3) is 0.333. The first-order chi connectivity index (χ1) is 14.6. The van der Waals surface area contributed by atoms with Crippen LogP contribution in [0.3, 0.4) is 0 Å². The van der Waals surface area contributed by atoms with E-state index in [9.17, 15) is 9.59 Å². The van der Waals surface area contributed by atoms with Crippen LogP contribution in [0.2, 0.25) is 5.02 Å². The number of nitrogens with one attached hydrogen (secondary N) is 1. The lowest BCUT2D eigenvalue weighted by molar-refractivity contribution is -0.158. The Balaban J connectivity index is 1.68. The van der Waals surface area contributed by atoms with Crippen molar-refractivity contribution in [2.75, 3.05) is 13.1 Å². The number of benzene rings is 2. The topological polar surface area (TPSA) is 56.4 Å². The molecule has 1 fully saturated rings. The number of halogens is 1. The minimum Gasteiger partial charge on any atom is -0.356 e. The number of carbonyl (C=O) groups excluding carboxylic acids is 2. The number of amides is 2. The number of carbonyl (C=O) groups is 2. The minimum atomic E-state index is -0.504. The number of aromatic amines is 1. The molecule has 3 aromatic rings. The minimum absolute atomic E-state index is 0.0232. The number of nitrogens with zero attached hydrogens (tertiary/aromatic N) is 2. The summed E-state index contributed by atoms with van der Waals surface area (Å²) in [6.07, 6.45) is 2.41. The van der Waals surface area contributed by atoms with Crippen LogP contribution < -0.4 is 0 Å². The van der Waals surface area contributed by atoms with Crippen LogP contribution in [0.25, 0.3) is 10.9 Å². The second-order valence-corrected chi connectivity index (χ2v) is 8.53. The van der Waals surface area contributed by atoms with E-state index in [1.165, 1.54) is 0 Å². The van der Waals surface area contributed by atoms with Crippen molar-refractivity contribution < 1.29 is 9.59 Å². The van der Waals surface area contributed by atoms with E-state index >= 15 is 0 Å². The fourth-order valence-corrected chi connectivity index (χ4v) is 5.12. The molecule has 2 aliphatic rings. The molecule has 5 nitrogen and oxygen atoms in total. The highest BCUT2D eigenvalue weighted by Crippen LogP contribution is 2.44. The van der Waals surface area contributed by atoms with Crippen molar-refractivity contribution >= 4 is 34.3 Å². The van der Waals surface area contributed by atoms with Gasteiger partial charge >= 0.3 is 0 Å². The van der Waals surface area contributed by atoms with Gasteiger partial charge in [0, 0.05) is 34.6 Å². The summed E-state index contributed by atoms with van der Waals surface area (Å²) in [5, 5.41) is 1.71. The van der Waals surface area contributed by atoms with E-state index in [-0.39, 0.29) is 18.4 Å². The van der Waals surface area contributed by atoms with Crippen molar-refractivity contribution in [3.8, 4) is 0 Å². The summed E-state index contributed by atoms with van der Waals surface area (Å²) in [5.41, 5.74) is 3.93. The molecule has 0 radical (unpaired) electrons.